The lowest BCUT2D eigenvalue weighted by Gasteiger charge is -2.40. The fourth-order valence-electron chi connectivity index (χ4n) is 4.47. The van der Waals surface area contributed by atoms with E-state index in [9.17, 15) is 0 Å². The number of aliphatic imine (C=N–C) groups is 1. The molecule has 2 unspecified atom stereocenters. The molecular weight excluding hydrogens is 525 g/mol. The van der Waals surface area contributed by atoms with E-state index in [1.165, 1.54) is 24.0 Å². The van der Waals surface area contributed by atoms with Crippen molar-refractivity contribution in [3.05, 3.63) is 51.9 Å². The SMILES string of the molecule is CN=C(NCCCc1c(C)noc1C)NCC1CCCN(C)C1c1cccc(Cl)c1.I. The molecule has 6 nitrogen and oxygen atoms in total. The van der Waals surface area contributed by atoms with Crippen LogP contribution in [0.4, 0.5) is 0 Å². The zero-order valence-corrected chi connectivity index (χ0v) is 22.0. The van der Waals surface area contributed by atoms with Crippen LogP contribution in [0, 0.1) is 19.8 Å². The highest BCUT2D eigenvalue weighted by Gasteiger charge is 2.30. The van der Waals surface area contributed by atoms with Gasteiger partial charge < -0.3 is 15.2 Å². The number of nitrogens with one attached hydrogen (secondary N) is 2. The summed E-state index contributed by atoms with van der Waals surface area (Å²) >= 11 is 6.26. The third kappa shape index (κ3) is 7.08. The molecule has 0 radical (unpaired) electrons. The van der Waals surface area contributed by atoms with E-state index in [2.05, 4.69) is 44.9 Å². The monoisotopic (exact) mass is 559 g/mol. The second kappa shape index (κ2) is 12.6. The van der Waals surface area contributed by atoms with Gasteiger partial charge in [0.25, 0.3) is 0 Å². The maximum absolute atomic E-state index is 6.26. The number of aryl methyl sites for hydroxylation is 2. The number of aromatic nitrogens is 1. The van der Waals surface area contributed by atoms with Crippen molar-refractivity contribution in [2.24, 2.45) is 10.9 Å². The first-order valence-electron chi connectivity index (χ1n) is 10.8. The number of benzene rings is 1. The summed E-state index contributed by atoms with van der Waals surface area (Å²) in [4.78, 5) is 6.85. The van der Waals surface area contributed by atoms with Crippen LogP contribution in [0.5, 0.6) is 0 Å². The molecule has 31 heavy (non-hydrogen) atoms. The lowest BCUT2D eigenvalue weighted by molar-refractivity contribution is 0.122. The van der Waals surface area contributed by atoms with Crippen LogP contribution in [0.1, 0.15) is 47.9 Å². The normalized spacial score (nSPS) is 19.7. The summed E-state index contributed by atoms with van der Waals surface area (Å²) in [6.45, 7) is 6.82. The van der Waals surface area contributed by atoms with Gasteiger partial charge in [-0.2, -0.15) is 0 Å². The fourth-order valence-corrected chi connectivity index (χ4v) is 4.67. The molecule has 0 aliphatic carbocycles. The van der Waals surface area contributed by atoms with Crippen molar-refractivity contribution in [3.63, 3.8) is 0 Å². The van der Waals surface area contributed by atoms with Crippen LogP contribution in [-0.2, 0) is 6.42 Å². The largest absolute Gasteiger partial charge is 0.361 e. The molecule has 0 saturated carbocycles. The van der Waals surface area contributed by atoms with Gasteiger partial charge in [-0.1, -0.05) is 28.9 Å². The maximum atomic E-state index is 6.26. The molecule has 2 heterocycles. The molecule has 2 atom stereocenters. The molecule has 1 aliphatic rings. The van der Waals surface area contributed by atoms with Crippen molar-refractivity contribution >= 4 is 41.5 Å². The van der Waals surface area contributed by atoms with E-state index in [-0.39, 0.29) is 24.0 Å². The first kappa shape index (κ1) is 25.9. The average Bonchev–Trinajstić information content (AvgIpc) is 3.05. The lowest BCUT2D eigenvalue weighted by Crippen LogP contribution is -2.45. The third-order valence-electron chi connectivity index (χ3n) is 6.03. The Kier molecular flexibility index (Phi) is 10.6. The minimum Gasteiger partial charge on any atom is -0.361 e. The molecule has 0 spiro atoms. The molecule has 2 aromatic rings. The highest BCUT2D eigenvalue weighted by Crippen LogP contribution is 2.35. The molecule has 1 aromatic carbocycles. The summed E-state index contributed by atoms with van der Waals surface area (Å²) in [7, 11) is 4.03. The number of hydrogen-bond acceptors (Lipinski definition) is 4. The highest BCUT2D eigenvalue weighted by molar-refractivity contribution is 14.0. The minimum absolute atomic E-state index is 0. The Bertz CT molecular complexity index is 837. The van der Waals surface area contributed by atoms with E-state index in [0.717, 1.165) is 54.9 Å². The Balaban J connectivity index is 0.00000341. The lowest BCUT2D eigenvalue weighted by atomic mass is 9.85. The average molecular weight is 560 g/mol. The Morgan fingerprint density at radius 3 is 2.81 bits per heavy atom. The number of hydrogen-bond donors (Lipinski definition) is 2. The molecule has 8 heteroatoms. The van der Waals surface area contributed by atoms with Crippen molar-refractivity contribution in [3.8, 4) is 0 Å². The van der Waals surface area contributed by atoms with Gasteiger partial charge in [-0.3, -0.25) is 9.89 Å². The molecule has 1 aromatic heterocycles. The second-order valence-corrected chi connectivity index (χ2v) is 8.61. The molecule has 172 valence electrons. The van der Waals surface area contributed by atoms with E-state index in [0.29, 0.717) is 12.0 Å². The first-order valence-corrected chi connectivity index (χ1v) is 11.2. The van der Waals surface area contributed by atoms with Crippen LogP contribution in [0.15, 0.2) is 33.8 Å². The third-order valence-corrected chi connectivity index (χ3v) is 6.26. The number of likely N-dealkylation sites (tertiary alicyclic amines) is 1. The predicted molar refractivity (Wildman–Crippen MR) is 139 cm³/mol. The van der Waals surface area contributed by atoms with Crippen LogP contribution in [-0.4, -0.2) is 49.7 Å². The highest BCUT2D eigenvalue weighted by atomic mass is 127. The van der Waals surface area contributed by atoms with E-state index < -0.39 is 0 Å². The molecule has 0 bridgehead atoms. The molecule has 1 fully saturated rings. The molecule has 3 rings (SSSR count). The zero-order chi connectivity index (χ0) is 21.5. The summed E-state index contributed by atoms with van der Waals surface area (Å²) in [5.41, 5.74) is 3.50. The van der Waals surface area contributed by atoms with Crippen molar-refractivity contribution in [2.45, 2.75) is 45.6 Å². The Labute approximate surface area is 208 Å². The van der Waals surface area contributed by atoms with E-state index in [1.807, 2.05) is 33.0 Å². The summed E-state index contributed by atoms with van der Waals surface area (Å²) in [5.74, 6) is 2.28. The van der Waals surface area contributed by atoms with Gasteiger partial charge in [0, 0.05) is 36.8 Å². The Morgan fingerprint density at radius 1 is 1.32 bits per heavy atom. The van der Waals surface area contributed by atoms with Gasteiger partial charge >= 0.3 is 0 Å². The van der Waals surface area contributed by atoms with Crippen LogP contribution >= 0.6 is 35.6 Å². The number of nitrogens with zero attached hydrogens (tertiary/aromatic N) is 3. The van der Waals surface area contributed by atoms with Crippen LogP contribution in [0.3, 0.4) is 0 Å². The fraction of sp³-hybridized carbons (Fsp3) is 0.565. The van der Waals surface area contributed by atoms with Gasteiger partial charge in [0.1, 0.15) is 5.76 Å². The van der Waals surface area contributed by atoms with Gasteiger partial charge in [-0.25, -0.2) is 0 Å². The minimum atomic E-state index is 0. The van der Waals surface area contributed by atoms with Crippen LogP contribution in [0.2, 0.25) is 5.02 Å². The van der Waals surface area contributed by atoms with Gasteiger partial charge in [-0.05, 0) is 76.7 Å². The summed E-state index contributed by atoms with van der Waals surface area (Å²) in [5, 5.41) is 11.8. The number of rotatable bonds is 7. The second-order valence-electron chi connectivity index (χ2n) is 8.17. The van der Waals surface area contributed by atoms with Gasteiger partial charge in [0.05, 0.1) is 5.69 Å². The summed E-state index contributed by atoms with van der Waals surface area (Å²) in [6.07, 6.45) is 4.36. The van der Waals surface area contributed by atoms with Crippen LogP contribution in [0.25, 0.3) is 0 Å². The molecule has 1 aliphatic heterocycles. The van der Waals surface area contributed by atoms with E-state index >= 15 is 0 Å². The zero-order valence-electron chi connectivity index (χ0n) is 18.9. The van der Waals surface area contributed by atoms with Gasteiger partial charge in [-0.15, -0.1) is 24.0 Å². The topological polar surface area (TPSA) is 65.7 Å². The molecular formula is C23H35ClIN5O. The summed E-state index contributed by atoms with van der Waals surface area (Å²) < 4.78 is 5.24. The maximum Gasteiger partial charge on any atom is 0.190 e. The molecule has 0 amide bonds. The van der Waals surface area contributed by atoms with Gasteiger partial charge in [0.2, 0.25) is 0 Å². The molecule has 1 saturated heterocycles. The predicted octanol–water partition coefficient (Wildman–Crippen LogP) is 4.74. The standard InChI is InChI=1S/C23H34ClN5O.HI/c1-16-21(17(2)30-28-16)11-6-12-26-23(25-3)27-15-19-9-7-13-29(4)22(19)18-8-5-10-20(24)14-18;/h5,8,10,14,19,22H,6-7,9,11-13,15H2,1-4H3,(H2,25,26,27);1H. The first-order chi connectivity index (χ1) is 14.5. The van der Waals surface area contributed by atoms with E-state index in [1.54, 1.807) is 0 Å². The van der Waals surface area contributed by atoms with Gasteiger partial charge in [0.15, 0.2) is 5.96 Å². The Morgan fingerprint density at radius 2 is 2.13 bits per heavy atom. The van der Waals surface area contributed by atoms with Crippen molar-refractivity contribution in [2.75, 3.05) is 33.7 Å². The Hall–Kier alpha value is -1.32. The number of guanidine groups is 1. The quantitative estimate of drug-likeness (QED) is 0.222. The smallest absolute Gasteiger partial charge is 0.190 e. The number of halogens is 2. The van der Waals surface area contributed by atoms with Crippen molar-refractivity contribution in [1.82, 2.24) is 20.7 Å². The van der Waals surface area contributed by atoms with Crippen molar-refractivity contribution < 1.29 is 4.52 Å². The number of piperidine rings is 1. The van der Waals surface area contributed by atoms with E-state index in [4.69, 9.17) is 16.1 Å². The van der Waals surface area contributed by atoms with Crippen molar-refractivity contribution in [1.29, 1.82) is 0 Å². The van der Waals surface area contributed by atoms with Crippen LogP contribution < -0.4 is 10.6 Å². The summed E-state index contributed by atoms with van der Waals surface area (Å²) in [6, 6.07) is 8.64. The molecule has 2 N–H and O–H groups in total.